The molecule has 1 aromatic heterocycles. The Morgan fingerprint density at radius 3 is 1.22 bits per heavy atom. The van der Waals surface area contributed by atoms with Gasteiger partial charge < -0.3 is 9.11 Å². The van der Waals surface area contributed by atoms with Crippen molar-refractivity contribution in [1.82, 2.24) is 4.48 Å². The molecule has 3 aromatic carbocycles. The summed E-state index contributed by atoms with van der Waals surface area (Å²) in [6.07, 6.45) is 4.14. The summed E-state index contributed by atoms with van der Waals surface area (Å²) in [6, 6.07) is 27.4. The van der Waals surface area contributed by atoms with E-state index in [9.17, 15) is 25.9 Å². The van der Waals surface area contributed by atoms with E-state index in [2.05, 4.69) is 69.9 Å². The van der Waals surface area contributed by atoms with Crippen LogP contribution in [-0.2, 0) is 27.3 Å². The lowest BCUT2D eigenvalue weighted by molar-refractivity contribution is -0.671. The van der Waals surface area contributed by atoms with Crippen molar-refractivity contribution in [3.8, 4) is 11.1 Å². The second-order valence-corrected chi connectivity index (χ2v) is 11.6. The molecule has 4 aromatic rings. The van der Waals surface area contributed by atoms with Gasteiger partial charge in [0, 0.05) is 12.1 Å². The van der Waals surface area contributed by atoms with Crippen molar-refractivity contribution in [2.75, 3.05) is 21.1 Å². The first-order valence-corrected chi connectivity index (χ1v) is 13.9. The molecule has 0 N–H and O–H groups in total. The monoisotopic (exact) mass is 542 g/mol. The Morgan fingerprint density at radius 1 is 0.568 bits per heavy atom. The molecule has 0 bridgehead atoms. The Morgan fingerprint density at radius 2 is 0.919 bits per heavy atom. The number of rotatable bonds is 4. The summed E-state index contributed by atoms with van der Waals surface area (Å²) in [4.78, 5) is -0.370. The molecule has 1 heterocycles. The molecule has 0 atom stereocenters. The van der Waals surface area contributed by atoms with Crippen LogP contribution in [0.3, 0.4) is 0 Å². The smallest absolute Gasteiger partial charge is 0.169 e. The highest BCUT2D eigenvalue weighted by Gasteiger charge is 2.11. The lowest BCUT2D eigenvalue weighted by Gasteiger charge is -2.23. The molecule has 0 saturated heterocycles. The van der Waals surface area contributed by atoms with Crippen LogP contribution >= 0.6 is 0 Å². The number of benzene rings is 3. The number of pyridine rings is 1. The first kappa shape index (κ1) is 29.8. The Bertz CT molecular complexity index is 1400. The van der Waals surface area contributed by atoms with Crippen LogP contribution in [0.25, 0.3) is 11.1 Å². The highest BCUT2D eigenvalue weighted by molar-refractivity contribution is 7.86. The Hall–Kier alpha value is -3.41. The van der Waals surface area contributed by atoms with Gasteiger partial charge in [-0.25, -0.2) is 21.4 Å². The van der Waals surface area contributed by atoms with Crippen molar-refractivity contribution in [3.05, 3.63) is 109 Å². The van der Waals surface area contributed by atoms with Gasteiger partial charge in [0.05, 0.1) is 30.9 Å². The molecule has 0 unspecified atom stereocenters. The Labute approximate surface area is 219 Å². The van der Waals surface area contributed by atoms with Gasteiger partial charge in [-0.2, -0.15) is 0 Å². The summed E-state index contributed by atoms with van der Waals surface area (Å²) >= 11 is 0. The molecule has 0 fully saturated rings. The fraction of sp³-hybridized carbons (Fsp3) is 0.148. The van der Waals surface area contributed by atoms with Crippen molar-refractivity contribution in [2.45, 2.75) is 9.79 Å². The molecular formula is C27H30N2O6S2. The average molecular weight is 543 g/mol. The summed E-state index contributed by atoms with van der Waals surface area (Å²) in [5.74, 6) is 0. The predicted molar refractivity (Wildman–Crippen MR) is 141 cm³/mol. The van der Waals surface area contributed by atoms with Crippen LogP contribution in [0.2, 0.25) is 0 Å². The normalized spacial score (nSPS) is 11.4. The molecule has 0 aliphatic carbocycles. The van der Waals surface area contributed by atoms with Crippen molar-refractivity contribution in [3.63, 3.8) is 0 Å². The summed E-state index contributed by atoms with van der Waals surface area (Å²) in [5, 5.41) is 0. The lowest BCUT2D eigenvalue weighted by Crippen LogP contribution is -2.34. The molecule has 8 nitrogen and oxygen atoms in total. The topological polar surface area (TPSA) is 118 Å². The van der Waals surface area contributed by atoms with Gasteiger partial charge in [0.25, 0.3) is 0 Å². The maximum absolute atomic E-state index is 10.3. The van der Waals surface area contributed by atoms with Crippen LogP contribution in [0, 0.1) is 0 Å². The summed E-state index contributed by atoms with van der Waals surface area (Å²) < 4.78 is 64.6. The predicted octanol–water partition coefficient (Wildman–Crippen LogP) is 3.56. The van der Waals surface area contributed by atoms with E-state index in [1.807, 2.05) is 11.6 Å². The summed E-state index contributed by atoms with van der Waals surface area (Å²) in [7, 11) is 0.0604. The lowest BCUT2D eigenvalue weighted by atomic mass is 10.1. The molecule has 0 aliphatic heterocycles. The molecule has 0 radical (unpaired) electrons. The van der Waals surface area contributed by atoms with E-state index in [1.165, 1.54) is 65.3 Å². The molecule has 4 rings (SSSR count). The minimum absolute atomic E-state index is 0.185. The second kappa shape index (κ2) is 12.7. The molecule has 196 valence electrons. The number of quaternary nitrogens is 1. The minimum Gasteiger partial charge on any atom is -0.744 e. The first-order chi connectivity index (χ1) is 17.2. The third-order valence-electron chi connectivity index (χ3n) is 5.02. The fourth-order valence-corrected chi connectivity index (χ4v) is 3.95. The minimum atomic E-state index is -4.25. The van der Waals surface area contributed by atoms with E-state index >= 15 is 0 Å². The van der Waals surface area contributed by atoms with Crippen LogP contribution in [0.5, 0.6) is 0 Å². The number of hydrogen-bond donors (Lipinski definition) is 0. The van der Waals surface area contributed by atoms with Crippen LogP contribution < -0.4 is 9.05 Å². The molecule has 37 heavy (non-hydrogen) atoms. The second-order valence-electron chi connectivity index (χ2n) is 8.85. The quantitative estimate of drug-likeness (QED) is 0.221. The highest BCUT2D eigenvalue weighted by Crippen LogP contribution is 2.23. The van der Waals surface area contributed by atoms with Gasteiger partial charge in [-0.15, -0.1) is 0 Å². The van der Waals surface area contributed by atoms with E-state index in [1.54, 1.807) is 12.1 Å². The SMILES string of the molecule is C[n+]1ccc(-c2ccc([N+](C)(C)C)cc2)cc1.O=S(=O)([O-])c1ccccc1.O=S(=O)([O-])c1ccccc1. The van der Waals surface area contributed by atoms with Gasteiger partial charge in [-0.05, 0) is 59.7 Å². The average Bonchev–Trinajstić information content (AvgIpc) is 2.85. The zero-order valence-electron chi connectivity index (χ0n) is 21.1. The Kier molecular flexibility index (Phi) is 10.2. The summed E-state index contributed by atoms with van der Waals surface area (Å²) in [5.41, 5.74) is 3.84. The van der Waals surface area contributed by atoms with E-state index in [0.29, 0.717) is 0 Å². The number of nitrogens with zero attached hydrogens (tertiary/aromatic N) is 2. The van der Waals surface area contributed by atoms with Crippen LogP contribution in [-0.4, -0.2) is 47.1 Å². The molecular weight excluding hydrogens is 512 g/mol. The zero-order chi connectivity index (χ0) is 27.7. The third-order valence-corrected chi connectivity index (χ3v) is 6.72. The van der Waals surface area contributed by atoms with Crippen LogP contribution in [0.15, 0.2) is 119 Å². The van der Waals surface area contributed by atoms with Crippen molar-refractivity contribution in [2.24, 2.45) is 7.05 Å². The number of hydrogen-bond acceptors (Lipinski definition) is 6. The number of aromatic nitrogens is 1. The van der Waals surface area contributed by atoms with Gasteiger partial charge in [0.15, 0.2) is 12.4 Å². The molecule has 10 heteroatoms. The third kappa shape index (κ3) is 10.2. The summed E-state index contributed by atoms with van der Waals surface area (Å²) in [6.45, 7) is 0. The first-order valence-electron chi connectivity index (χ1n) is 11.1. The van der Waals surface area contributed by atoms with Gasteiger partial charge >= 0.3 is 0 Å². The Balaban J connectivity index is 0.000000208. The van der Waals surface area contributed by atoms with E-state index < -0.39 is 20.2 Å². The molecule has 0 aliphatic rings. The van der Waals surface area contributed by atoms with E-state index in [-0.39, 0.29) is 9.79 Å². The van der Waals surface area contributed by atoms with Gasteiger partial charge in [-0.3, -0.25) is 4.48 Å². The van der Waals surface area contributed by atoms with Crippen molar-refractivity contribution in [1.29, 1.82) is 0 Å². The maximum atomic E-state index is 10.3. The molecule has 0 saturated carbocycles. The highest BCUT2D eigenvalue weighted by atomic mass is 32.2. The standard InChI is InChI=1S/C15H20N2.2C6H6O3S/c1-16-11-9-14(10-12-16)13-5-7-15(8-6-13)17(2,3)4;2*7-10(8,9)6-4-2-1-3-5-6/h5-12H,1-4H3;2*1-5H,(H,7,8,9)/q+2;;/p-2. The zero-order valence-corrected chi connectivity index (χ0v) is 22.7. The molecule has 0 spiro atoms. The van der Waals surface area contributed by atoms with Gasteiger partial charge in [-0.1, -0.05) is 36.4 Å². The van der Waals surface area contributed by atoms with Gasteiger partial charge in [0.1, 0.15) is 33.0 Å². The van der Waals surface area contributed by atoms with Gasteiger partial charge in [0.2, 0.25) is 0 Å². The van der Waals surface area contributed by atoms with Crippen molar-refractivity contribution >= 4 is 25.9 Å². The number of aryl methyl sites for hydroxylation is 1. The fourth-order valence-electron chi connectivity index (χ4n) is 2.97. The maximum Gasteiger partial charge on any atom is 0.169 e. The largest absolute Gasteiger partial charge is 0.744 e. The van der Waals surface area contributed by atoms with E-state index in [4.69, 9.17) is 0 Å². The molecule has 0 amide bonds. The van der Waals surface area contributed by atoms with Crippen molar-refractivity contribution < 1.29 is 30.5 Å². The van der Waals surface area contributed by atoms with E-state index in [0.717, 1.165) is 4.48 Å². The van der Waals surface area contributed by atoms with Crippen LogP contribution in [0.1, 0.15) is 0 Å². The van der Waals surface area contributed by atoms with Crippen LogP contribution in [0.4, 0.5) is 5.69 Å².